The van der Waals surface area contributed by atoms with E-state index in [0.717, 1.165) is 50.6 Å². The number of fused-ring (bicyclic) bond motifs is 1. The number of hydrogen-bond donors (Lipinski definition) is 0. The molecule has 5 nitrogen and oxygen atoms in total. The molecular formula is C18H22N4OS. The zero-order chi connectivity index (χ0) is 16.4. The minimum atomic E-state index is 0.466. The third-order valence-electron chi connectivity index (χ3n) is 4.77. The van der Waals surface area contributed by atoms with Gasteiger partial charge in [-0.15, -0.1) is 0 Å². The highest BCUT2D eigenvalue weighted by atomic mass is 32.1. The maximum atomic E-state index is 5.17. The maximum absolute atomic E-state index is 5.17. The first kappa shape index (κ1) is 15.7. The SMILES string of the molecule is COCCN1CCC(c2nc3ccc(-c4ccsc4)cn3n2)CC1. The number of aromatic nitrogens is 3. The van der Waals surface area contributed by atoms with Crippen molar-refractivity contribution in [3.63, 3.8) is 0 Å². The van der Waals surface area contributed by atoms with Crippen LogP contribution in [0.4, 0.5) is 0 Å². The summed E-state index contributed by atoms with van der Waals surface area (Å²) in [5.41, 5.74) is 3.37. The molecule has 24 heavy (non-hydrogen) atoms. The molecule has 6 heteroatoms. The summed E-state index contributed by atoms with van der Waals surface area (Å²) in [4.78, 5) is 7.22. The molecule has 1 saturated heterocycles. The standard InChI is InChI=1S/C18H22N4OS/c1-23-10-9-21-7-4-14(5-8-21)18-19-17-3-2-15(12-22(17)20-18)16-6-11-24-13-16/h2-3,6,11-14H,4-5,7-10H2,1H3. The Hall–Kier alpha value is -1.76. The first-order valence-electron chi connectivity index (χ1n) is 8.43. The fourth-order valence-electron chi connectivity index (χ4n) is 3.31. The van der Waals surface area contributed by atoms with Crippen molar-refractivity contribution in [3.8, 4) is 11.1 Å². The van der Waals surface area contributed by atoms with Crippen molar-refractivity contribution in [2.24, 2.45) is 0 Å². The Labute approximate surface area is 145 Å². The quantitative estimate of drug-likeness (QED) is 0.714. The highest BCUT2D eigenvalue weighted by Gasteiger charge is 2.23. The Balaban J connectivity index is 1.49. The molecule has 0 amide bonds. The predicted molar refractivity (Wildman–Crippen MR) is 96.6 cm³/mol. The number of rotatable bonds is 5. The van der Waals surface area contributed by atoms with E-state index in [1.807, 2.05) is 4.52 Å². The molecule has 0 atom stereocenters. The van der Waals surface area contributed by atoms with Gasteiger partial charge in [-0.25, -0.2) is 9.50 Å². The van der Waals surface area contributed by atoms with Crippen LogP contribution in [0.2, 0.25) is 0 Å². The summed E-state index contributed by atoms with van der Waals surface area (Å²) in [7, 11) is 1.76. The van der Waals surface area contributed by atoms with Crippen LogP contribution >= 0.6 is 11.3 Å². The van der Waals surface area contributed by atoms with E-state index in [2.05, 4.69) is 40.1 Å². The van der Waals surface area contributed by atoms with Gasteiger partial charge in [0.25, 0.3) is 0 Å². The number of likely N-dealkylation sites (tertiary alicyclic amines) is 1. The molecule has 126 valence electrons. The van der Waals surface area contributed by atoms with E-state index >= 15 is 0 Å². The lowest BCUT2D eigenvalue weighted by Gasteiger charge is -2.30. The van der Waals surface area contributed by atoms with E-state index in [0.29, 0.717) is 5.92 Å². The first-order chi connectivity index (χ1) is 11.8. The predicted octanol–water partition coefficient (Wildman–Crippen LogP) is 3.28. The molecule has 0 saturated carbocycles. The number of nitrogens with zero attached hydrogens (tertiary/aromatic N) is 4. The summed E-state index contributed by atoms with van der Waals surface area (Å²) in [5, 5.41) is 9.02. The van der Waals surface area contributed by atoms with Gasteiger partial charge in [0.2, 0.25) is 0 Å². The average Bonchev–Trinajstić information content (AvgIpc) is 3.29. The van der Waals surface area contributed by atoms with E-state index in [1.54, 1.807) is 18.4 Å². The zero-order valence-electron chi connectivity index (χ0n) is 13.9. The Kier molecular flexibility index (Phi) is 4.60. The molecule has 0 bridgehead atoms. The van der Waals surface area contributed by atoms with Gasteiger partial charge in [0.15, 0.2) is 11.5 Å². The highest BCUT2D eigenvalue weighted by Crippen LogP contribution is 2.27. The minimum Gasteiger partial charge on any atom is -0.383 e. The summed E-state index contributed by atoms with van der Waals surface area (Å²) in [5.74, 6) is 1.46. The fraction of sp³-hybridized carbons (Fsp3) is 0.444. The van der Waals surface area contributed by atoms with Crippen LogP contribution in [0.25, 0.3) is 16.8 Å². The third-order valence-corrected chi connectivity index (χ3v) is 5.45. The van der Waals surface area contributed by atoms with Gasteiger partial charge in [0, 0.05) is 31.3 Å². The molecule has 1 fully saturated rings. The second-order valence-corrected chi connectivity index (χ2v) is 7.09. The number of hydrogen-bond acceptors (Lipinski definition) is 5. The van der Waals surface area contributed by atoms with Gasteiger partial charge in [-0.3, -0.25) is 0 Å². The molecule has 0 unspecified atom stereocenters. The highest BCUT2D eigenvalue weighted by molar-refractivity contribution is 7.08. The van der Waals surface area contributed by atoms with Gasteiger partial charge < -0.3 is 9.64 Å². The molecule has 0 aliphatic carbocycles. The number of pyridine rings is 1. The van der Waals surface area contributed by atoms with Crippen molar-refractivity contribution >= 4 is 17.0 Å². The molecule has 3 aromatic heterocycles. The van der Waals surface area contributed by atoms with Crippen LogP contribution in [0.3, 0.4) is 0 Å². The van der Waals surface area contributed by atoms with Crippen LogP contribution in [0.15, 0.2) is 35.2 Å². The zero-order valence-corrected chi connectivity index (χ0v) is 14.7. The Bertz CT molecular complexity index is 791. The van der Waals surface area contributed by atoms with Gasteiger partial charge in [-0.1, -0.05) is 0 Å². The molecule has 0 spiro atoms. The monoisotopic (exact) mass is 342 g/mol. The lowest BCUT2D eigenvalue weighted by Crippen LogP contribution is -2.35. The summed E-state index contributed by atoms with van der Waals surface area (Å²) in [6.07, 6.45) is 4.33. The van der Waals surface area contributed by atoms with E-state index in [4.69, 9.17) is 14.8 Å². The topological polar surface area (TPSA) is 42.7 Å². The summed E-state index contributed by atoms with van der Waals surface area (Å²) in [6, 6.07) is 6.33. The second kappa shape index (κ2) is 7.01. The normalized spacial score (nSPS) is 16.9. The van der Waals surface area contributed by atoms with Crippen LogP contribution in [0.1, 0.15) is 24.6 Å². The Morgan fingerprint density at radius 2 is 2.08 bits per heavy atom. The van der Waals surface area contributed by atoms with E-state index in [1.165, 1.54) is 11.1 Å². The lowest BCUT2D eigenvalue weighted by molar-refractivity contribution is 0.129. The summed E-state index contributed by atoms with van der Waals surface area (Å²) in [6.45, 7) is 4.03. The minimum absolute atomic E-state index is 0.466. The maximum Gasteiger partial charge on any atom is 0.155 e. The van der Waals surface area contributed by atoms with Crippen molar-refractivity contribution in [1.82, 2.24) is 19.5 Å². The number of ether oxygens (including phenoxy) is 1. The van der Waals surface area contributed by atoms with Crippen LogP contribution in [-0.2, 0) is 4.74 Å². The van der Waals surface area contributed by atoms with Gasteiger partial charge >= 0.3 is 0 Å². The number of methoxy groups -OCH3 is 1. The van der Waals surface area contributed by atoms with Crippen LogP contribution < -0.4 is 0 Å². The molecule has 0 aromatic carbocycles. The summed E-state index contributed by atoms with van der Waals surface area (Å²) < 4.78 is 7.10. The van der Waals surface area contributed by atoms with Crippen LogP contribution in [0, 0.1) is 0 Å². The smallest absolute Gasteiger partial charge is 0.155 e. The van der Waals surface area contributed by atoms with Crippen LogP contribution in [0.5, 0.6) is 0 Å². The number of piperidine rings is 1. The molecular weight excluding hydrogens is 320 g/mol. The molecule has 0 radical (unpaired) electrons. The van der Waals surface area contributed by atoms with Gasteiger partial charge in [-0.2, -0.15) is 16.4 Å². The molecule has 1 aliphatic heterocycles. The van der Waals surface area contributed by atoms with Crippen molar-refractivity contribution < 1.29 is 4.74 Å². The third kappa shape index (κ3) is 3.22. The van der Waals surface area contributed by atoms with Crippen LogP contribution in [-0.4, -0.2) is 52.8 Å². The molecule has 3 aromatic rings. The van der Waals surface area contributed by atoms with Gasteiger partial charge in [-0.05, 0) is 60.5 Å². The van der Waals surface area contributed by atoms with Crippen molar-refractivity contribution in [1.29, 1.82) is 0 Å². The molecule has 0 N–H and O–H groups in total. The second-order valence-electron chi connectivity index (χ2n) is 6.31. The van der Waals surface area contributed by atoms with E-state index in [9.17, 15) is 0 Å². The molecule has 1 aliphatic rings. The Morgan fingerprint density at radius 3 is 2.83 bits per heavy atom. The van der Waals surface area contributed by atoms with E-state index in [-0.39, 0.29) is 0 Å². The summed E-state index contributed by atoms with van der Waals surface area (Å²) >= 11 is 1.71. The molecule has 4 heterocycles. The van der Waals surface area contributed by atoms with Crippen molar-refractivity contribution in [2.75, 3.05) is 33.4 Å². The average molecular weight is 342 g/mol. The fourth-order valence-corrected chi connectivity index (χ4v) is 3.97. The molecule has 4 rings (SSSR count). The van der Waals surface area contributed by atoms with Gasteiger partial charge in [0.05, 0.1) is 6.61 Å². The first-order valence-corrected chi connectivity index (χ1v) is 9.38. The largest absolute Gasteiger partial charge is 0.383 e. The number of thiophene rings is 1. The Morgan fingerprint density at radius 1 is 1.21 bits per heavy atom. The van der Waals surface area contributed by atoms with Crippen molar-refractivity contribution in [2.45, 2.75) is 18.8 Å². The van der Waals surface area contributed by atoms with Gasteiger partial charge in [0.1, 0.15) is 0 Å². The van der Waals surface area contributed by atoms with E-state index < -0.39 is 0 Å². The van der Waals surface area contributed by atoms with Crippen molar-refractivity contribution in [3.05, 3.63) is 41.0 Å². The lowest BCUT2D eigenvalue weighted by atomic mass is 9.96.